The number of ether oxygens (including phenoxy) is 2. The summed E-state index contributed by atoms with van der Waals surface area (Å²) in [5.74, 6) is 1.50. The Morgan fingerprint density at radius 2 is 2.08 bits per heavy atom. The third-order valence-corrected chi connectivity index (χ3v) is 1.92. The smallest absolute Gasteiger partial charge is 0.168 e. The predicted molar refractivity (Wildman–Crippen MR) is 52.4 cm³/mol. The molecule has 0 saturated carbocycles. The molecule has 0 N–H and O–H groups in total. The Labute approximate surface area is 79.5 Å². The van der Waals surface area contributed by atoms with Crippen LogP contribution < -0.4 is 9.47 Å². The number of aryl methyl sites for hydroxylation is 1. The number of hydrogen-bond acceptors (Lipinski definition) is 2. The van der Waals surface area contributed by atoms with E-state index in [1.165, 1.54) is 5.56 Å². The number of methoxy groups -OCH3 is 2. The van der Waals surface area contributed by atoms with Gasteiger partial charge >= 0.3 is 0 Å². The Balaban J connectivity index is 3.03. The van der Waals surface area contributed by atoms with Crippen molar-refractivity contribution in [2.45, 2.75) is 19.8 Å². The van der Waals surface area contributed by atoms with Gasteiger partial charge in [-0.15, -0.1) is 0 Å². The molecule has 0 atom stereocenters. The Hall–Kier alpha value is -1.18. The molecule has 0 aromatic heterocycles. The van der Waals surface area contributed by atoms with Crippen LogP contribution in [0.2, 0.25) is 0 Å². The van der Waals surface area contributed by atoms with Crippen molar-refractivity contribution in [2.24, 2.45) is 0 Å². The van der Waals surface area contributed by atoms with Gasteiger partial charge in [-0.25, -0.2) is 0 Å². The topological polar surface area (TPSA) is 18.5 Å². The van der Waals surface area contributed by atoms with Crippen LogP contribution in [-0.4, -0.2) is 14.2 Å². The van der Waals surface area contributed by atoms with Gasteiger partial charge in [-0.1, -0.05) is 19.4 Å². The van der Waals surface area contributed by atoms with Crippen LogP contribution in [0.25, 0.3) is 0 Å². The third kappa shape index (κ3) is 2.14. The van der Waals surface area contributed by atoms with E-state index in [1.54, 1.807) is 14.2 Å². The van der Waals surface area contributed by atoms with Crippen LogP contribution in [0.15, 0.2) is 12.1 Å². The quantitative estimate of drug-likeness (QED) is 0.706. The highest BCUT2D eigenvalue weighted by molar-refractivity contribution is 5.45. The van der Waals surface area contributed by atoms with Crippen LogP contribution in [0, 0.1) is 6.07 Å². The Bertz CT molecular complexity index is 269. The molecule has 0 fully saturated rings. The predicted octanol–water partition coefficient (Wildman–Crippen LogP) is 2.46. The van der Waals surface area contributed by atoms with Crippen molar-refractivity contribution in [3.8, 4) is 11.5 Å². The normalized spacial score (nSPS) is 9.77. The summed E-state index contributed by atoms with van der Waals surface area (Å²) in [6.07, 6.45) is 2.11. The lowest BCUT2D eigenvalue weighted by Gasteiger charge is -2.10. The fraction of sp³-hybridized carbons (Fsp3) is 0.455. The number of rotatable bonds is 4. The van der Waals surface area contributed by atoms with Gasteiger partial charge in [-0.3, -0.25) is 0 Å². The van der Waals surface area contributed by atoms with E-state index in [1.807, 2.05) is 12.1 Å². The van der Waals surface area contributed by atoms with E-state index in [-0.39, 0.29) is 0 Å². The summed E-state index contributed by atoms with van der Waals surface area (Å²) in [7, 11) is 3.29. The van der Waals surface area contributed by atoms with E-state index in [2.05, 4.69) is 13.0 Å². The SMILES string of the molecule is CCCc1cc[c]c(OC)c1OC. The molecule has 2 heteroatoms. The Morgan fingerprint density at radius 1 is 1.31 bits per heavy atom. The summed E-state index contributed by atoms with van der Waals surface area (Å²) in [4.78, 5) is 0. The monoisotopic (exact) mass is 179 g/mol. The van der Waals surface area contributed by atoms with E-state index in [9.17, 15) is 0 Å². The summed E-state index contributed by atoms with van der Waals surface area (Å²) in [5, 5.41) is 0. The van der Waals surface area contributed by atoms with Gasteiger partial charge in [0.1, 0.15) is 0 Å². The largest absolute Gasteiger partial charge is 0.493 e. The highest BCUT2D eigenvalue weighted by atomic mass is 16.5. The van der Waals surface area contributed by atoms with Crippen LogP contribution in [-0.2, 0) is 6.42 Å². The molecule has 0 amide bonds. The van der Waals surface area contributed by atoms with E-state index in [0.29, 0.717) is 5.75 Å². The van der Waals surface area contributed by atoms with Crippen LogP contribution in [0.1, 0.15) is 18.9 Å². The molecule has 0 spiro atoms. The van der Waals surface area contributed by atoms with Crippen molar-refractivity contribution in [1.29, 1.82) is 0 Å². The molecule has 1 aromatic carbocycles. The Morgan fingerprint density at radius 3 is 2.62 bits per heavy atom. The lowest BCUT2D eigenvalue weighted by Crippen LogP contribution is -1.95. The minimum absolute atomic E-state index is 0.688. The van der Waals surface area contributed by atoms with Crippen molar-refractivity contribution < 1.29 is 9.47 Å². The van der Waals surface area contributed by atoms with Crippen LogP contribution in [0.3, 0.4) is 0 Å². The average Bonchev–Trinajstić information content (AvgIpc) is 2.18. The molecule has 2 nitrogen and oxygen atoms in total. The molecule has 0 aliphatic carbocycles. The summed E-state index contributed by atoms with van der Waals surface area (Å²) in [5.41, 5.74) is 1.18. The zero-order valence-corrected chi connectivity index (χ0v) is 8.39. The summed E-state index contributed by atoms with van der Waals surface area (Å²) in [6.45, 7) is 2.14. The number of hydrogen-bond donors (Lipinski definition) is 0. The van der Waals surface area contributed by atoms with Crippen LogP contribution in [0.5, 0.6) is 11.5 Å². The second kappa shape index (κ2) is 4.75. The molecule has 0 aliphatic heterocycles. The molecule has 0 unspecified atom stereocenters. The zero-order chi connectivity index (χ0) is 9.68. The standard InChI is InChI=1S/C11H15O2/c1-4-6-9-7-5-8-10(12-2)11(9)13-3/h5,7H,4,6H2,1-3H3. The second-order valence-corrected chi connectivity index (χ2v) is 2.82. The molecule has 1 radical (unpaired) electrons. The maximum Gasteiger partial charge on any atom is 0.168 e. The third-order valence-electron chi connectivity index (χ3n) is 1.92. The van der Waals surface area contributed by atoms with E-state index >= 15 is 0 Å². The zero-order valence-electron chi connectivity index (χ0n) is 8.39. The van der Waals surface area contributed by atoms with Gasteiger partial charge in [-0.05, 0) is 18.1 Å². The second-order valence-electron chi connectivity index (χ2n) is 2.82. The lowest BCUT2D eigenvalue weighted by atomic mass is 10.1. The van der Waals surface area contributed by atoms with Gasteiger partial charge in [0.15, 0.2) is 11.5 Å². The van der Waals surface area contributed by atoms with Crippen molar-refractivity contribution >= 4 is 0 Å². The molecular weight excluding hydrogens is 164 g/mol. The fourth-order valence-electron chi connectivity index (χ4n) is 1.35. The first-order valence-corrected chi connectivity index (χ1v) is 4.45. The highest BCUT2D eigenvalue weighted by Crippen LogP contribution is 2.30. The van der Waals surface area contributed by atoms with Crippen molar-refractivity contribution in [3.05, 3.63) is 23.8 Å². The van der Waals surface area contributed by atoms with Gasteiger partial charge in [0.05, 0.1) is 14.2 Å². The summed E-state index contributed by atoms with van der Waals surface area (Å²) >= 11 is 0. The minimum Gasteiger partial charge on any atom is -0.493 e. The van der Waals surface area contributed by atoms with Crippen LogP contribution in [0.4, 0.5) is 0 Å². The van der Waals surface area contributed by atoms with Crippen LogP contribution >= 0.6 is 0 Å². The molecule has 0 heterocycles. The molecular formula is C11H15O2. The van der Waals surface area contributed by atoms with E-state index in [4.69, 9.17) is 9.47 Å². The molecule has 0 bridgehead atoms. The first-order chi connectivity index (χ1) is 6.33. The molecule has 1 aromatic rings. The van der Waals surface area contributed by atoms with Gasteiger partial charge in [-0.2, -0.15) is 0 Å². The number of benzene rings is 1. The summed E-state index contributed by atoms with van der Waals surface area (Å²) < 4.78 is 10.4. The highest BCUT2D eigenvalue weighted by Gasteiger charge is 2.07. The minimum atomic E-state index is 0.688. The first-order valence-electron chi connectivity index (χ1n) is 4.45. The molecule has 71 valence electrons. The summed E-state index contributed by atoms with van der Waals surface area (Å²) in [6, 6.07) is 6.88. The molecule has 1 rings (SSSR count). The fourth-order valence-corrected chi connectivity index (χ4v) is 1.35. The lowest BCUT2D eigenvalue weighted by molar-refractivity contribution is 0.351. The molecule has 0 saturated heterocycles. The Kier molecular flexibility index (Phi) is 3.62. The maximum absolute atomic E-state index is 5.26. The van der Waals surface area contributed by atoms with Gasteiger partial charge in [0.25, 0.3) is 0 Å². The first kappa shape index (κ1) is 9.90. The average molecular weight is 179 g/mol. The van der Waals surface area contributed by atoms with Crippen molar-refractivity contribution in [3.63, 3.8) is 0 Å². The van der Waals surface area contributed by atoms with Gasteiger partial charge in [0.2, 0.25) is 0 Å². The van der Waals surface area contributed by atoms with Crippen molar-refractivity contribution in [1.82, 2.24) is 0 Å². The van der Waals surface area contributed by atoms with Gasteiger partial charge < -0.3 is 9.47 Å². The van der Waals surface area contributed by atoms with Crippen molar-refractivity contribution in [2.75, 3.05) is 14.2 Å². The maximum atomic E-state index is 5.26. The molecule has 0 aliphatic rings. The van der Waals surface area contributed by atoms with E-state index in [0.717, 1.165) is 18.6 Å². The van der Waals surface area contributed by atoms with E-state index < -0.39 is 0 Å². The van der Waals surface area contributed by atoms with Gasteiger partial charge in [0, 0.05) is 6.07 Å². The molecule has 13 heavy (non-hydrogen) atoms.